The van der Waals surface area contributed by atoms with Gasteiger partial charge in [0.2, 0.25) is 5.88 Å². The number of aromatic hydroxyl groups is 1. The van der Waals surface area contributed by atoms with Crippen LogP contribution in [-0.4, -0.2) is 37.7 Å². The first kappa shape index (κ1) is 24.4. The van der Waals surface area contributed by atoms with Crippen LogP contribution in [0.4, 0.5) is 11.4 Å². The molecular formula is C24H21BrN4O5S. The molecule has 9 nitrogen and oxygen atoms in total. The van der Waals surface area contributed by atoms with Gasteiger partial charge in [-0.25, -0.2) is 8.42 Å². The number of aryl methyl sites for hydroxylation is 1. The van der Waals surface area contributed by atoms with Crippen molar-refractivity contribution in [2.45, 2.75) is 4.90 Å². The summed E-state index contributed by atoms with van der Waals surface area (Å²) >= 11 is 3.29. The first-order chi connectivity index (χ1) is 16.7. The number of halogens is 1. The van der Waals surface area contributed by atoms with Crippen LogP contribution in [0.25, 0.3) is 10.9 Å². The fourth-order valence-electron chi connectivity index (χ4n) is 3.60. The zero-order valence-corrected chi connectivity index (χ0v) is 21.2. The van der Waals surface area contributed by atoms with E-state index in [1.165, 1.54) is 23.8 Å². The van der Waals surface area contributed by atoms with Crippen molar-refractivity contribution in [1.82, 2.24) is 4.57 Å². The van der Waals surface area contributed by atoms with Gasteiger partial charge in [0.1, 0.15) is 17.2 Å². The van der Waals surface area contributed by atoms with E-state index in [-0.39, 0.29) is 27.9 Å². The summed E-state index contributed by atoms with van der Waals surface area (Å²) in [5, 5.41) is 18.7. The molecule has 1 heterocycles. The Kier molecular flexibility index (Phi) is 6.90. The topological polar surface area (TPSA) is 114 Å². The molecule has 3 aromatic carbocycles. The summed E-state index contributed by atoms with van der Waals surface area (Å²) in [6, 6.07) is 19.9. The lowest BCUT2D eigenvalue weighted by Crippen LogP contribution is -2.35. The number of hydrogen-bond donors (Lipinski definition) is 1. The van der Waals surface area contributed by atoms with E-state index >= 15 is 0 Å². The second kappa shape index (κ2) is 9.88. The molecule has 0 saturated carbocycles. The molecule has 0 unspecified atom stereocenters. The first-order valence-corrected chi connectivity index (χ1v) is 12.6. The van der Waals surface area contributed by atoms with Gasteiger partial charge in [0.25, 0.3) is 15.9 Å². The van der Waals surface area contributed by atoms with Crippen LogP contribution < -0.4 is 9.04 Å². The number of nitrogens with zero attached hydrogens (tertiary/aromatic N) is 4. The van der Waals surface area contributed by atoms with Crippen molar-refractivity contribution in [2.24, 2.45) is 17.3 Å². The SMILES string of the molecule is COc1ccc(Br)cc1S(=O)(=O)N(CC(=O)N=Nc1c(O)n(C)c2ccccc12)c1ccccc1. The predicted octanol–water partition coefficient (Wildman–Crippen LogP) is 5.16. The summed E-state index contributed by atoms with van der Waals surface area (Å²) in [6.45, 7) is -0.614. The molecule has 1 N–H and O–H groups in total. The van der Waals surface area contributed by atoms with Gasteiger partial charge in [-0.3, -0.25) is 9.10 Å². The Morgan fingerprint density at radius 2 is 1.77 bits per heavy atom. The Labute approximate surface area is 210 Å². The van der Waals surface area contributed by atoms with Crippen molar-refractivity contribution in [3.8, 4) is 11.6 Å². The number of amides is 1. The van der Waals surface area contributed by atoms with Crippen molar-refractivity contribution in [3.63, 3.8) is 0 Å². The summed E-state index contributed by atoms with van der Waals surface area (Å²) in [7, 11) is -1.21. The van der Waals surface area contributed by atoms with E-state index in [4.69, 9.17) is 4.74 Å². The number of ether oxygens (including phenoxy) is 1. The Morgan fingerprint density at radius 1 is 1.09 bits per heavy atom. The number of rotatable bonds is 7. The van der Waals surface area contributed by atoms with E-state index in [1.807, 2.05) is 6.07 Å². The van der Waals surface area contributed by atoms with Crippen LogP contribution in [0.1, 0.15) is 0 Å². The van der Waals surface area contributed by atoms with E-state index in [0.717, 1.165) is 4.31 Å². The van der Waals surface area contributed by atoms with E-state index in [1.54, 1.807) is 61.6 Å². The summed E-state index contributed by atoms with van der Waals surface area (Å²) in [5.74, 6) is -0.850. The quantitative estimate of drug-likeness (QED) is 0.316. The maximum Gasteiger partial charge on any atom is 0.285 e. The number of methoxy groups -OCH3 is 1. The maximum atomic E-state index is 13.7. The third-order valence-corrected chi connectivity index (χ3v) is 7.62. The zero-order valence-electron chi connectivity index (χ0n) is 18.8. The minimum atomic E-state index is -4.23. The molecule has 0 bridgehead atoms. The molecule has 0 aliphatic heterocycles. The highest BCUT2D eigenvalue weighted by Crippen LogP contribution is 2.38. The van der Waals surface area contributed by atoms with Crippen molar-refractivity contribution >= 4 is 54.1 Å². The van der Waals surface area contributed by atoms with Gasteiger partial charge in [-0.1, -0.05) is 52.3 Å². The number of sulfonamides is 1. The molecule has 4 aromatic rings. The number of hydrogen-bond acceptors (Lipinski definition) is 6. The van der Waals surface area contributed by atoms with E-state index < -0.39 is 22.5 Å². The van der Waals surface area contributed by atoms with Crippen molar-refractivity contribution < 1.29 is 23.1 Å². The van der Waals surface area contributed by atoms with Crippen LogP contribution in [0.15, 0.2) is 92.4 Å². The Bertz CT molecular complexity index is 1530. The number of carbonyl (C=O) groups is 1. The molecule has 180 valence electrons. The molecular weight excluding hydrogens is 536 g/mol. The number of fused-ring (bicyclic) bond motifs is 1. The van der Waals surface area contributed by atoms with Crippen LogP contribution in [-0.2, 0) is 21.9 Å². The molecule has 0 atom stereocenters. The highest BCUT2D eigenvalue weighted by atomic mass is 79.9. The smallest absolute Gasteiger partial charge is 0.285 e. The predicted molar refractivity (Wildman–Crippen MR) is 136 cm³/mol. The van der Waals surface area contributed by atoms with Gasteiger partial charge < -0.3 is 14.4 Å². The summed E-state index contributed by atoms with van der Waals surface area (Å²) in [5.41, 5.74) is 1.10. The van der Waals surface area contributed by atoms with Gasteiger partial charge in [0.15, 0.2) is 5.69 Å². The first-order valence-electron chi connectivity index (χ1n) is 10.4. The van der Waals surface area contributed by atoms with Crippen LogP contribution in [0.2, 0.25) is 0 Å². The van der Waals surface area contributed by atoms with Crippen molar-refractivity contribution in [2.75, 3.05) is 18.0 Å². The Morgan fingerprint density at radius 3 is 2.49 bits per heavy atom. The highest BCUT2D eigenvalue weighted by Gasteiger charge is 2.30. The monoisotopic (exact) mass is 556 g/mol. The van der Waals surface area contributed by atoms with Crippen LogP contribution in [0.3, 0.4) is 0 Å². The molecule has 0 aliphatic rings. The molecule has 4 rings (SSSR count). The molecule has 0 radical (unpaired) electrons. The molecule has 1 amide bonds. The molecule has 0 aliphatic carbocycles. The third kappa shape index (κ3) is 4.77. The number of aromatic nitrogens is 1. The van der Waals surface area contributed by atoms with E-state index in [9.17, 15) is 18.3 Å². The summed E-state index contributed by atoms with van der Waals surface area (Å²) in [6.07, 6.45) is 0. The van der Waals surface area contributed by atoms with Gasteiger partial charge in [-0.05, 0) is 36.4 Å². The fourth-order valence-corrected chi connectivity index (χ4v) is 5.71. The molecule has 1 aromatic heterocycles. The van der Waals surface area contributed by atoms with Crippen molar-refractivity contribution in [3.05, 3.63) is 77.3 Å². The van der Waals surface area contributed by atoms with Crippen LogP contribution in [0.5, 0.6) is 11.6 Å². The largest absolute Gasteiger partial charge is 0.495 e. The van der Waals surface area contributed by atoms with Gasteiger partial charge in [-0.15, -0.1) is 10.2 Å². The van der Waals surface area contributed by atoms with Crippen molar-refractivity contribution in [1.29, 1.82) is 0 Å². The minimum Gasteiger partial charge on any atom is -0.495 e. The maximum absolute atomic E-state index is 13.7. The second-order valence-corrected chi connectivity index (χ2v) is 10.2. The van der Waals surface area contributed by atoms with Gasteiger partial charge in [0.05, 0.1) is 18.3 Å². The lowest BCUT2D eigenvalue weighted by Gasteiger charge is -2.24. The molecule has 0 spiro atoms. The Hall–Kier alpha value is -3.70. The summed E-state index contributed by atoms with van der Waals surface area (Å²) < 4.78 is 35.6. The van der Waals surface area contributed by atoms with Crippen LogP contribution >= 0.6 is 15.9 Å². The standard InChI is InChI=1S/C24H21BrN4O5S/c1-28-19-11-7-6-10-18(19)23(24(28)31)27-26-22(30)15-29(17-8-4-3-5-9-17)35(32,33)21-14-16(25)12-13-20(21)34-2/h3-14,31H,15H2,1-2H3. The minimum absolute atomic E-state index is 0.116. The normalized spacial score (nSPS) is 11.7. The fraction of sp³-hybridized carbons (Fsp3) is 0.125. The molecule has 11 heteroatoms. The Balaban J connectivity index is 1.72. The number of carbonyl (C=O) groups excluding carboxylic acids is 1. The average molecular weight is 557 g/mol. The molecule has 0 saturated heterocycles. The number of benzene rings is 3. The van der Waals surface area contributed by atoms with E-state index in [2.05, 4.69) is 26.2 Å². The van der Waals surface area contributed by atoms with E-state index in [0.29, 0.717) is 15.4 Å². The molecule has 35 heavy (non-hydrogen) atoms. The van der Waals surface area contributed by atoms with Crippen LogP contribution in [0, 0.1) is 0 Å². The number of azo groups is 1. The molecule has 0 fully saturated rings. The van der Waals surface area contributed by atoms with Gasteiger partial charge in [-0.2, -0.15) is 0 Å². The third-order valence-electron chi connectivity index (χ3n) is 5.33. The second-order valence-electron chi connectivity index (χ2n) is 7.48. The average Bonchev–Trinajstić information content (AvgIpc) is 3.11. The van der Waals surface area contributed by atoms with Gasteiger partial charge in [0, 0.05) is 16.9 Å². The lowest BCUT2D eigenvalue weighted by molar-refractivity contribution is -0.116. The highest BCUT2D eigenvalue weighted by molar-refractivity contribution is 9.10. The number of para-hydroxylation sites is 2. The zero-order chi connectivity index (χ0) is 25.2. The van der Waals surface area contributed by atoms with Gasteiger partial charge >= 0.3 is 0 Å². The lowest BCUT2D eigenvalue weighted by atomic mass is 10.2. The number of anilines is 1. The summed E-state index contributed by atoms with van der Waals surface area (Å²) in [4.78, 5) is 12.7.